The molecule has 0 saturated heterocycles. The molecule has 0 radical (unpaired) electrons. The summed E-state index contributed by atoms with van der Waals surface area (Å²) in [5, 5.41) is 15.8. The summed E-state index contributed by atoms with van der Waals surface area (Å²) in [5.74, 6) is 1.77. The van der Waals surface area contributed by atoms with Gasteiger partial charge in [0.25, 0.3) is 0 Å². The standard InChI is InChI=1S/C16H21ClN2O2/c17-14-4-2-13(3-5-14)16-7-6-15(21-16)12-19-9-1-8-18-10-11-20/h2-7,18-20H,1,8-12H2. The van der Waals surface area contributed by atoms with E-state index < -0.39 is 0 Å². The highest BCUT2D eigenvalue weighted by atomic mass is 35.5. The molecule has 0 spiro atoms. The number of aliphatic hydroxyl groups is 1. The number of benzene rings is 1. The third-order valence-corrected chi connectivity index (χ3v) is 3.34. The van der Waals surface area contributed by atoms with Crippen LogP contribution in [-0.4, -0.2) is 31.3 Å². The van der Waals surface area contributed by atoms with Gasteiger partial charge in [0, 0.05) is 17.1 Å². The minimum atomic E-state index is 0.188. The van der Waals surface area contributed by atoms with Gasteiger partial charge in [-0.2, -0.15) is 0 Å². The van der Waals surface area contributed by atoms with E-state index in [0.29, 0.717) is 13.1 Å². The predicted octanol–water partition coefficient (Wildman–Crippen LogP) is 2.66. The predicted molar refractivity (Wildman–Crippen MR) is 85.4 cm³/mol. The summed E-state index contributed by atoms with van der Waals surface area (Å²) in [6.45, 7) is 3.38. The van der Waals surface area contributed by atoms with Gasteiger partial charge in [-0.05, 0) is 55.9 Å². The zero-order valence-corrected chi connectivity index (χ0v) is 12.7. The highest BCUT2D eigenvalue weighted by Gasteiger charge is 2.04. The first kappa shape index (κ1) is 16.0. The summed E-state index contributed by atoms with van der Waals surface area (Å²) in [7, 11) is 0. The van der Waals surface area contributed by atoms with E-state index in [1.165, 1.54) is 0 Å². The maximum absolute atomic E-state index is 8.63. The lowest BCUT2D eigenvalue weighted by Gasteiger charge is -2.04. The summed E-state index contributed by atoms with van der Waals surface area (Å²) in [4.78, 5) is 0. The van der Waals surface area contributed by atoms with Crippen molar-refractivity contribution in [3.8, 4) is 11.3 Å². The van der Waals surface area contributed by atoms with Gasteiger partial charge in [0.05, 0.1) is 13.2 Å². The van der Waals surface area contributed by atoms with Gasteiger partial charge in [-0.1, -0.05) is 11.6 Å². The van der Waals surface area contributed by atoms with Crippen LogP contribution in [0.5, 0.6) is 0 Å². The van der Waals surface area contributed by atoms with Gasteiger partial charge in [0.15, 0.2) is 0 Å². The second-order valence-corrected chi connectivity index (χ2v) is 5.21. The Hall–Kier alpha value is -1.33. The molecule has 0 amide bonds. The zero-order valence-electron chi connectivity index (χ0n) is 11.9. The van der Waals surface area contributed by atoms with Gasteiger partial charge >= 0.3 is 0 Å². The maximum atomic E-state index is 8.63. The summed E-state index contributed by atoms with van der Waals surface area (Å²) >= 11 is 5.87. The Kier molecular flexibility index (Phi) is 6.76. The zero-order chi connectivity index (χ0) is 14.9. The van der Waals surface area contributed by atoms with E-state index in [1.807, 2.05) is 36.4 Å². The molecule has 0 aliphatic carbocycles. The highest BCUT2D eigenvalue weighted by molar-refractivity contribution is 6.30. The van der Waals surface area contributed by atoms with Gasteiger partial charge in [-0.25, -0.2) is 0 Å². The van der Waals surface area contributed by atoms with Crippen LogP contribution in [0.4, 0.5) is 0 Å². The van der Waals surface area contributed by atoms with Crippen LogP contribution in [0, 0.1) is 0 Å². The first-order chi connectivity index (χ1) is 10.3. The van der Waals surface area contributed by atoms with E-state index in [9.17, 15) is 0 Å². The van der Waals surface area contributed by atoms with Crippen LogP contribution in [-0.2, 0) is 6.54 Å². The van der Waals surface area contributed by atoms with Crippen LogP contribution in [0.2, 0.25) is 5.02 Å². The topological polar surface area (TPSA) is 57.4 Å². The van der Waals surface area contributed by atoms with Crippen molar-refractivity contribution < 1.29 is 9.52 Å². The van der Waals surface area contributed by atoms with Gasteiger partial charge in [0.2, 0.25) is 0 Å². The minimum absolute atomic E-state index is 0.188. The fraction of sp³-hybridized carbons (Fsp3) is 0.375. The second kappa shape index (κ2) is 8.85. The van der Waals surface area contributed by atoms with E-state index in [0.717, 1.165) is 41.6 Å². The van der Waals surface area contributed by atoms with E-state index in [2.05, 4.69) is 10.6 Å². The van der Waals surface area contributed by atoms with Crippen LogP contribution in [0.15, 0.2) is 40.8 Å². The molecular formula is C16H21ClN2O2. The Morgan fingerprint density at radius 2 is 1.71 bits per heavy atom. The number of rotatable bonds is 9. The van der Waals surface area contributed by atoms with Crippen molar-refractivity contribution >= 4 is 11.6 Å². The number of aliphatic hydroxyl groups excluding tert-OH is 1. The molecule has 2 rings (SSSR count). The first-order valence-corrected chi connectivity index (χ1v) is 7.54. The summed E-state index contributed by atoms with van der Waals surface area (Å²) < 4.78 is 5.80. The van der Waals surface area contributed by atoms with E-state index in [4.69, 9.17) is 21.1 Å². The number of furan rings is 1. The van der Waals surface area contributed by atoms with Crippen molar-refractivity contribution in [2.24, 2.45) is 0 Å². The van der Waals surface area contributed by atoms with E-state index >= 15 is 0 Å². The van der Waals surface area contributed by atoms with Gasteiger partial charge in [0.1, 0.15) is 11.5 Å². The molecule has 3 N–H and O–H groups in total. The van der Waals surface area contributed by atoms with Gasteiger partial charge in [-0.3, -0.25) is 0 Å². The normalized spacial score (nSPS) is 11.0. The third kappa shape index (κ3) is 5.52. The van der Waals surface area contributed by atoms with E-state index in [1.54, 1.807) is 0 Å². The number of nitrogens with one attached hydrogen (secondary N) is 2. The largest absolute Gasteiger partial charge is 0.460 e. The van der Waals surface area contributed by atoms with Gasteiger partial charge < -0.3 is 20.2 Å². The molecule has 0 aliphatic rings. The fourth-order valence-corrected chi connectivity index (χ4v) is 2.12. The average molecular weight is 309 g/mol. The average Bonchev–Trinajstić information content (AvgIpc) is 2.96. The molecule has 21 heavy (non-hydrogen) atoms. The molecule has 1 heterocycles. The van der Waals surface area contributed by atoms with Crippen molar-refractivity contribution in [2.75, 3.05) is 26.2 Å². The maximum Gasteiger partial charge on any atom is 0.134 e. The molecule has 4 nitrogen and oxygen atoms in total. The van der Waals surface area contributed by atoms with Crippen LogP contribution < -0.4 is 10.6 Å². The fourth-order valence-electron chi connectivity index (χ4n) is 2.00. The van der Waals surface area contributed by atoms with Crippen molar-refractivity contribution in [3.05, 3.63) is 47.2 Å². The lowest BCUT2D eigenvalue weighted by Crippen LogP contribution is -2.23. The third-order valence-electron chi connectivity index (χ3n) is 3.09. The minimum Gasteiger partial charge on any atom is -0.460 e. The monoisotopic (exact) mass is 308 g/mol. The quantitative estimate of drug-likeness (QED) is 0.623. The van der Waals surface area contributed by atoms with Crippen LogP contribution in [0.1, 0.15) is 12.2 Å². The Morgan fingerprint density at radius 3 is 2.48 bits per heavy atom. The van der Waals surface area contributed by atoms with Crippen LogP contribution >= 0.6 is 11.6 Å². The molecule has 0 unspecified atom stereocenters. The van der Waals surface area contributed by atoms with E-state index in [-0.39, 0.29) is 6.61 Å². The summed E-state index contributed by atoms with van der Waals surface area (Å²) in [6.07, 6.45) is 1.02. The highest BCUT2D eigenvalue weighted by Crippen LogP contribution is 2.23. The number of halogens is 1. The van der Waals surface area contributed by atoms with Crippen LogP contribution in [0.3, 0.4) is 0 Å². The molecule has 5 heteroatoms. The lowest BCUT2D eigenvalue weighted by atomic mass is 10.2. The Balaban J connectivity index is 1.72. The van der Waals surface area contributed by atoms with Crippen molar-refractivity contribution in [1.29, 1.82) is 0 Å². The number of hydrogen-bond donors (Lipinski definition) is 3. The molecule has 0 saturated carbocycles. The molecular weight excluding hydrogens is 288 g/mol. The molecule has 0 fully saturated rings. The van der Waals surface area contributed by atoms with Crippen molar-refractivity contribution in [1.82, 2.24) is 10.6 Å². The van der Waals surface area contributed by atoms with Crippen LogP contribution in [0.25, 0.3) is 11.3 Å². The Bertz CT molecular complexity index is 525. The second-order valence-electron chi connectivity index (χ2n) is 4.78. The summed E-state index contributed by atoms with van der Waals surface area (Å²) in [6, 6.07) is 11.6. The van der Waals surface area contributed by atoms with Gasteiger partial charge in [-0.15, -0.1) is 0 Å². The SMILES string of the molecule is OCCNCCCNCc1ccc(-c2ccc(Cl)cc2)o1. The molecule has 1 aromatic carbocycles. The number of hydrogen-bond acceptors (Lipinski definition) is 4. The molecule has 0 bridgehead atoms. The lowest BCUT2D eigenvalue weighted by molar-refractivity contribution is 0.292. The van der Waals surface area contributed by atoms with Crippen molar-refractivity contribution in [2.45, 2.75) is 13.0 Å². The smallest absolute Gasteiger partial charge is 0.134 e. The molecule has 1 aromatic heterocycles. The molecule has 0 aliphatic heterocycles. The Labute approximate surface area is 130 Å². The Morgan fingerprint density at radius 1 is 0.952 bits per heavy atom. The molecule has 114 valence electrons. The van der Waals surface area contributed by atoms with Crippen molar-refractivity contribution in [3.63, 3.8) is 0 Å². The molecule has 0 atom stereocenters. The first-order valence-electron chi connectivity index (χ1n) is 7.16. The summed E-state index contributed by atoms with van der Waals surface area (Å²) in [5.41, 5.74) is 1.03. The molecule has 2 aromatic rings.